The van der Waals surface area contributed by atoms with Gasteiger partial charge in [0.1, 0.15) is 11.2 Å². The number of aromatic nitrogens is 2. The lowest BCUT2D eigenvalue weighted by Crippen LogP contribution is -2.35. The van der Waals surface area contributed by atoms with E-state index < -0.39 is 29.3 Å². The molecule has 12 heteroatoms. The third-order valence-corrected chi connectivity index (χ3v) is 6.78. The molecule has 0 unspecified atom stereocenters. The van der Waals surface area contributed by atoms with Gasteiger partial charge >= 0.3 is 6.36 Å². The fourth-order valence-electron chi connectivity index (χ4n) is 3.93. The van der Waals surface area contributed by atoms with Crippen molar-refractivity contribution >= 4 is 56.0 Å². The van der Waals surface area contributed by atoms with Crippen LogP contribution in [0.1, 0.15) is 12.8 Å². The minimum atomic E-state index is -4.84. The number of carbonyl (C=O) groups is 2. The van der Waals surface area contributed by atoms with E-state index in [1.807, 2.05) is 30.3 Å². The quantitative estimate of drug-likeness (QED) is 0.242. The number of halogens is 4. The molecular weight excluding hydrogens is 567 g/mol. The molecule has 0 spiro atoms. The van der Waals surface area contributed by atoms with Crippen molar-refractivity contribution in [1.82, 2.24) is 9.97 Å². The van der Waals surface area contributed by atoms with E-state index in [-0.39, 0.29) is 16.1 Å². The number of hydrogen-bond donors (Lipinski definition) is 3. The third-order valence-electron chi connectivity index (χ3n) is 6.12. The van der Waals surface area contributed by atoms with Crippen molar-refractivity contribution < 1.29 is 27.5 Å². The number of nitrogens with two attached hydrogens (primary N) is 1. The zero-order chi connectivity index (χ0) is 27.1. The molecule has 4 N–H and O–H groups in total. The molecule has 0 bridgehead atoms. The van der Waals surface area contributed by atoms with E-state index in [0.29, 0.717) is 24.0 Å². The molecule has 1 aromatic heterocycles. The second-order valence-corrected chi connectivity index (χ2v) is 9.61. The first-order valence-electron chi connectivity index (χ1n) is 11.3. The Labute approximate surface area is 222 Å². The number of amides is 2. The van der Waals surface area contributed by atoms with Crippen LogP contribution >= 0.6 is 15.9 Å². The molecule has 1 saturated carbocycles. The maximum absolute atomic E-state index is 13.0. The Bertz CT molecular complexity index is 1560. The molecule has 4 aromatic rings. The van der Waals surface area contributed by atoms with Crippen molar-refractivity contribution in [1.29, 1.82) is 0 Å². The fourth-order valence-corrected chi connectivity index (χ4v) is 4.39. The maximum atomic E-state index is 13.0. The number of anilines is 3. The van der Waals surface area contributed by atoms with Gasteiger partial charge in [0.2, 0.25) is 17.8 Å². The van der Waals surface area contributed by atoms with E-state index in [0.717, 1.165) is 28.6 Å². The first kappa shape index (κ1) is 25.5. The highest BCUT2D eigenvalue weighted by atomic mass is 79.9. The van der Waals surface area contributed by atoms with Gasteiger partial charge in [0.25, 0.3) is 0 Å². The molecule has 0 radical (unpaired) electrons. The molecule has 3 aromatic carbocycles. The van der Waals surface area contributed by atoms with Gasteiger partial charge in [-0.15, -0.1) is 13.2 Å². The van der Waals surface area contributed by atoms with E-state index in [9.17, 15) is 22.8 Å². The third kappa shape index (κ3) is 5.40. The van der Waals surface area contributed by atoms with Gasteiger partial charge in [0.05, 0.1) is 11.2 Å². The van der Waals surface area contributed by atoms with Crippen molar-refractivity contribution in [3.8, 4) is 16.9 Å². The number of rotatable bonds is 6. The molecule has 1 aliphatic rings. The van der Waals surface area contributed by atoms with Gasteiger partial charge in [-0.25, -0.2) is 9.97 Å². The largest absolute Gasteiger partial charge is 0.573 e. The van der Waals surface area contributed by atoms with Crippen LogP contribution in [-0.4, -0.2) is 28.1 Å². The molecular formula is C26H19BrF3N5O3. The van der Waals surface area contributed by atoms with Crippen molar-refractivity contribution in [3.05, 3.63) is 71.3 Å². The SMILES string of the molecule is Nc1ncc2ccc(-c3ccc(NC(=O)C4(C(=O)Nc5ccc(OC(F)(F)F)cc5Br)CC4)cc3)cc2n1. The lowest BCUT2D eigenvalue weighted by atomic mass is 10.0. The molecule has 1 heterocycles. The van der Waals surface area contributed by atoms with Crippen LogP contribution in [0.25, 0.3) is 22.0 Å². The molecule has 8 nitrogen and oxygen atoms in total. The average Bonchev–Trinajstić information content (AvgIpc) is 3.67. The number of nitrogen functional groups attached to an aromatic ring is 1. The Morgan fingerprint density at radius 1 is 0.947 bits per heavy atom. The Kier molecular flexibility index (Phi) is 6.43. The first-order valence-corrected chi connectivity index (χ1v) is 12.1. The molecule has 194 valence electrons. The summed E-state index contributed by atoms with van der Waals surface area (Å²) in [5.74, 6) is -1.26. The van der Waals surface area contributed by atoms with Crippen LogP contribution in [0.15, 0.2) is 71.3 Å². The highest BCUT2D eigenvalue weighted by Gasteiger charge is 2.56. The number of benzene rings is 3. The van der Waals surface area contributed by atoms with Crippen molar-refractivity contribution in [2.24, 2.45) is 5.41 Å². The van der Waals surface area contributed by atoms with Crippen molar-refractivity contribution in [2.75, 3.05) is 16.4 Å². The van der Waals surface area contributed by atoms with Crippen LogP contribution < -0.4 is 21.1 Å². The van der Waals surface area contributed by atoms with Crippen LogP contribution in [0.4, 0.5) is 30.5 Å². The van der Waals surface area contributed by atoms with E-state index in [1.165, 1.54) is 6.07 Å². The Morgan fingerprint density at radius 2 is 1.63 bits per heavy atom. The van der Waals surface area contributed by atoms with Crippen LogP contribution in [0.3, 0.4) is 0 Å². The van der Waals surface area contributed by atoms with Crippen LogP contribution in [0, 0.1) is 5.41 Å². The topological polar surface area (TPSA) is 119 Å². The summed E-state index contributed by atoms with van der Waals surface area (Å²) >= 11 is 3.13. The second-order valence-electron chi connectivity index (χ2n) is 8.76. The predicted octanol–water partition coefficient (Wildman–Crippen LogP) is 5.90. The summed E-state index contributed by atoms with van der Waals surface area (Å²) in [6.07, 6.45) is -2.49. The highest BCUT2D eigenvalue weighted by molar-refractivity contribution is 9.10. The van der Waals surface area contributed by atoms with E-state index in [4.69, 9.17) is 5.73 Å². The number of alkyl halides is 3. The first-order chi connectivity index (χ1) is 18.0. The van der Waals surface area contributed by atoms with Crippen molar-refractivity contribution in [2.45, 2.75) is 19.2 Å². The minimum absolute atomic E-state index is 0.183. The number of hydrogen-bond acceptors (Lipinski definition) is 6. The molecule has 1 fully saturated rings. The van der Waals surface area contributed by atoms with Gasteiger partial charge in [-0.05, 0) is 76.3 Å². The molecule has 0 saturated heterocycles. The van der Waals surface area contributed by atoms with Crippen LogP contribution in [0.2, 0.25) is 0 Å². The van der Waals surface area contributed by atoms with Gasteiger partial charge in [0, 0.05) is 21.7 Å². The van der Waals surface area contributed by atoms with E-state index in [1.54, 1.807) is 18.3 Å². The monoisotopic (exact) mass is 585 g/mol. The minimum Gasteiger partial charge on any atom is -0.406 e. The summed E-state index contributed by atoms with van der Waals surface area (Å²) in [4.78, 5) is 34.2. The summed E-state index contributed by atoms with van der Waals surface area (Å²) < 4.78 is 41.4. The summed E-state index contributed by atoms with van der Waals surface area (Å²) in [7, 11) is 0. The lowest BCUT2D eigenvalue weighted by molar-refractivity contribution is -0.274. The Hall–Kier alpha value is -4.19. The van der Waals surface area contributed by atoms with E-state index >= 15 is 0 Å². The Balaban J connectivity index is 1.25. The number of carbonyl (C=O) groups excluding carboxylic acids is 2. The average molecular weight is 586 g/mol. The van der Waals surface area contributed by atoms with Crippen molar-refractivity contribution in [3.63, 3.8) is 0 Å². The number of nitrogens with zero attached hydrogens (tertiary/aromatic N) is 2. The predicted molar refractivity (Wildman–Crippen MR) is 139 cm³/mol. The second kappa shape index (κ2) is 9.60. The van der Waals surface area contributed by atoms with Gasteiger partial charge in [-0.3, -0.25) is 9.59 Å². The number of nitrogens with one attached hydrogen (secondary N) is 2. The number of fused-ring (bicyclic) bond motifs is 1. The van der Waals surface area contributed by atoms with Crippen LogP contribution in [-0.2, 0) is 9.59 Å². The summed E-state index contributed by atoms with van der Waals surface area (Å²) in [5.41, 5.74) is 7.66. The van der Waals surface area contributed by atoms with E-state index in [2.05, 4.69) is 41.3 Å². The molecule has 38 heavy (non-hydrogen) atoms. The Morgan fingerprint density at radius 3 is 2.29 bits per heavy atom. The highest BCUT2D eigenvalue weighted by Crippen LogP contribution is 2.48. The molecule has 5 rings (SSSR count). The molecule has 1 aliphatic carbocycles. The number of ether oxygens (including phenoxy) is 1. The van der Waals surface area contributed by atoms with Gasteiger partial charge in [0.15, 0.2) is 0 Å². The van der Waals surface area contributed by atoms with Crippen LogP contribution in [0.5, 0.6) is 5.75 Å². The summed E-state index contributed by atoms with van der Waals surface area (Å²) in [6.45, 7) is 0. The summed E-state index contributed by atoms with van der Waals surface area (Å²) in [5, 5.41) is 6.26. The van der Waals surface area contributed by atoms with Gasteiger partial charge in [-0.1, -0.05) is 24.3 Å². The molecule has 2 amide bonds. The fraction of sp³-hybridized carbons (Fsp3) is 0.154. The zero-order valence-corrected chi connectivity index (χ0v) is 21.1. The zero-order valence-electron chi connectivity index (χ0n) is 19.5. The summed E-state index contributed by atoms with van der Waals surface area (Å²) in [6, 6.07) is 16.3. The lowest BCUT2D eigenvalue weighted by Gasteiger charge is -2.17. The molecule has 0 aliphatic heterocycles. The normalized spacial score (nSPS) is 14.1. The van der Waals surface area contributed by atoms with Gasteiger partial charge in [-0.2, -0.15) is 0 Å². The molecule has 0 atom stereocenters. The maximum Gasteiger partial charge on any atom is 0.573 e. The smallest absolute Gasteiger partial charge is 0.406 e. The standard InChI is InChI=1S/C26H19BrF3N5O3/c27-19-12-18(38-26(28,29)30)7-8-20(19)34-23(37)25(9-10-25)22(36)33-17-5-3-14(4-6-17)15-1-2-16-13-32-24(31)35-21(16)11-15/h1-8,11-13H,9-10H2,(H,33,36)(H,34,37)(H2,31,32,35). The van der Waals surface area contributed by atoms with Gasteiger partial charge < -0.3 is 21.1 Å².